The highest BCUT2D eigenvalue weighted by atomic mass is 14.3. The summed E-state index contributed by atoms with van der Waals surface area (Å²) < 4.78 is 0. The van der Waals surface area contributed by atoms with Gasteiger partial charge in [0.15, 0.2) is 0 Å². The molecule has 2 atom stereocenters. The molecule has 0 heterocycles. The first kappa shape index (κ1) is 23.0. The first-order valence-corrected chi connectivity index (χ1v) is 14.1. The van der Waals surface area contributed by atoms with Crippen LogP contribution < -0.4 is 0 Å². The molecule has 6 aromatic rings. The summed E-state index contributed by atoms with van der Waals surface area (Å²) in [6, 6.07) is 42.5. The molecule has 0 nitrogen and oxygen atoms in total. The van der Waals surface area contributed by atoms with E-state index in [9.17, 15) is 0 Å². The van der Waals surface area contributed by atoms with Crippen molar-refractivity contribution in [2.75, 3.05) is 0 Å². The molecular weight excluding hydrogens is 480 g/mol. The van der Waals surface area contributed by atoms with E-state index in [0.29, 0.717) is 11.8 Å². The van der Waals surface area contributed by atoms with E-state index in [-0.39, 0.29) is 0 Å². The minimum absolute atomic E-state index is 0.406. The highest BCUT2D eigenvalue weighted by molar-refractivity contribution is 6.21. The summed E-state index contributed by atoms with van der Waals surface area (Å²) in [7, 11) is 0. The SMILES string of the molecule is C1=CC2C=CC=C(c3ccc(-c4c5ccccc5c(-c5ccc6ccccc6c5)c5ccccc45)cc3)C2C=C1. The Bertz CT molecular complexity index is 1990. The first-order chi connectivity index (χ1) is 19.8. The average molecular weight is 509 g/mol. The molecule has 2 unspecified atom stereocenters. The fraction of sp³-hybridized carbons (Fsp3) is 0.0500. The van der Waals surface area contributed by atoms with Gasteiger partial charge < -0.3 is 0 Å². The lowest BCUT2D eigenvalue weighted by molar-refractivity contribution is 0.678. The molecule has 0 radical (unpaired) electrons. The van der Waals surface area contributed by atoms with Crippen molar-refractivity contribution in [1.82, 2.24) is 0 Å². The fourth-order valence-corrected chi connectivity index (χ4v) is 6.73. The molecule has 0 aromatic heterocycles. The maximum Gasteiger partial charge on any atom is 0.0125 e. The van der Waals surface area contributed by atoms with E-state index in [1.165, 1.54) is 65.7 Å². The second kappa shape index (κ2) is 9.36. The number of hydrogen-bond donors (Lipinski definition) is 0. The zero-order chi connectivity index (χ0) is 26.5. The number of allylic oxidation sites excluding steroid dienone is 8. The second-order valence-corrected chi connectivity index (χ2v) is 10.9. The van der Waals surface area contributed by atoms with E-state index in [0.717, 1.165) is 0 Å². The molecule has 0 N–H and O–H groups in total. The van der Waals surface area contributed by atoms with Crippen molar-refractivity contribution in [3.8, 4) is 22.3 Å². The van der Waals surface area contributed by atoms with Crippen LogP contribution in [-0.4, -0.2) is 0 Å². The van der Waals surface area contributed by atoms with Crippen molar-refractivity contribution in [3.05, 3.63) is 163 Å². The smallest absolute Gasteiger partial charge is 0.0125 e. The quantitative estimate of drug-likeness (QED) is 0.209. The molecule has 2 aliphatic rings. The van der Waals surface area contributed by atoms with E-state index in [1.54, 1.807) is 0 Å². The van der Waals surface area contributed by atoms with E-state index < -0.39 is 0 Å². The summed E-state index contributed by atoms with van der Waals surface area (Å²) in [4.78, 5) is 0. The summed E-state index contributed by atoms with van der Waals surface area (Å²) in [6.45, 7) is 0. The molecule has 0 heteroatoms. The third kappa shape index (κ3) is 3.68. The van der Waals surface area contributed by atoms with Gasteiger partial charge in [-0.2, -0.15) is 0 Å². The molecule has 8 rings (SSSR count). The van der Waals surface area contributed by atoms with Crippen LogP contribution in [0.3, 0.4) is 0 Å². The molecular formula is C40H28. The minimum Gasteiger partial charge on any atom is -0.0767 e. The lowest BCUT2D eigenvalue weighted by atomic mass is 9.77. The molecule has 40 heavy (non-hydrogen) atoms. The maximum atomic E-state index is 2.34. The van der Waals surface area contributed by atoms with Crippen LogP contribution in [0.4, 0.5) is 0 Å². The van der Waals surface area contributed by atoms with Crippen LogP contribution in [-0.2, 0) is 0 Å². The standard InChI is InChI=1S/C40H28/c1-2-12-31-26-32(25-20-27(31)10-1)40-37-17-7-5-15-35(37)39(36-16-6-8-18-38(36)40)30-23-21-29(22-24-30)34-19-9-13-28-11-3-4-14-33(28)34/h1-26,28,33H. The van der Waals surface area contributed by atoms with Crippen molar-refractivity contribution in [2.24, 2.45) is 11.8 Å². The number of fused-ring (bicyclic) bond motifs is 4. The van der Waals surface area contributed by atoms with E-state index in [2.05, 4.69) is 158 Å². The van der Waals surface area contributed by atoms with Gasteiger partial charge in [0.2, 0.25) is 0 Å². The van der Waals surface area contributed by atoms with Gasteiger partial charge >= 0.3 is 0 Å². The van der Waals surface area contributed by atoms with Gasteiger partial charge in [0.1, 0.15) is 0 Å². The third-order valence-electron chi connectivity index (χ3n) is 8.62. The van der Waals surface area contributed by atoms with E-state index in [1.807, 2.05) is 0 Å². The summed E-state index contributed by atoms with van der Waals surface area (Å²) in [5.74, 6) is 0.851. The maximum absolute atomic E-state index is 2.34. The van der Waals surface area contributed by atoms with Crippen molar-refractivity contribution in [3.63, 3.8) is 0 Å². The largest absolute Gasteiger partial charge is 0.0767 e. The lowest BCUT2D eigenvalue weighted by Gasteiger charge is -2.27. The van der Waals surface area contributed by atoms with Gasteiger partial charge in [-0.15, -0.1) is 0 Å². The van der Waals surface area contributed by atoms with Crippen LogP contribution in [0.5, 0.6) is 0 Å². The Morgan fingerprint density at radius 3 is 1.62 bits per heavy atom. The van der Waals surface area contributed by atoms with Crippen molar-refractivity contribution < 1.29 is 0 Å². The fourth-order valence-electron chi connectivity index (χ4n) is 6.73. The Labute approximate surface area is 234 Å². The van der Waals surface area contributed by atoms with Gasteiger partial charge in [0.25, 0.3) is 0 Å². The van der Waals surface area contributed by atoms with Gasteiger partial charge in [0.05, 0.1) is 0 Å². The lowest BCUT2D eigenvalue weighted by Crippen LogP contribution is -2.14. The summed E-state index contributed by atoms with van der Waals surface area (Å²) >= 11 is 0. The predicted molar refractivity (Wildman–Crippen MR) is 172 cm³/mol. The minimum atomic E-state index is 0.406. The Kier molecular flexibility index (Phi) is 5.38. The Hall–Kier alpha value is -4.94. The van der Waals surface area contributed by atoms with Crippen molar-refractivity contribution in [1.29, 1.82) is 0 Å². The van der Waals surface area contributed by atoms with Gasteiger partial charge in [-0.05, 0) is 71.8 Å². The molecule has 0 bridgehead atoms. The number of hydrogen-bond acceptors (Lipinski definition) is 0. The molecule has 0 saturated carbocycles. The Balaban J connectivity index is 1.32. The third-order valence-corrected chi connectivity index (χ3v) is 8.62. The average Bonchev–Trinajstić information content (AvgIpc) is 3.03. The zero-order valence-corrected chi connectivity index (χ0v) is 22.2. The summed E-state index contributed by atoms with van der Waals surface area (Å²) in [6.07, 6.45) is 15.8. The monoisotopic (exact) mass is 508 g/mol. The number of benzene rings is 6. The van der Waals surface area contributed by atoms with Crippen LogP contribution in [0, 0.1) is 11.8 Å². The highest BCUT2D eigenvalue weighted by Gasteiger charge is 2.24. The molecule has 188 valence electrons. The van der Waals surface area contributed by atoms with E-state index in [4.69, 9.17) is 0 Å². The number of rotatable bonds is 3. The van der Waals surface area contributed by atoms with Gasteiger partial charge in [0, 0.05) is 11.8 Å². The topological polar surface area (TPSA) is 0 Å². The Morgan fingerprint density at radius 1 is 0.400 bits per heavy atom. The van der Waals surface area contributed by atoms with Crippen LogP contribution in [0.2, 0.25) is 0 Å². The highest BCUT2D eigenvalue weighted by Crippen LogP contribution is 2.44. The second-order valence-electron chi connectivity index (χ2n) is 10.9. The van der Waals surface area contributed by atoms with Crippen LogP contribution >= 0.6 is 0 Å². The van der Waals surface area contributed by atoms with Crippen molar-refractivity contribution in [2.45, 2.75) is 0 Å². The predicted octanol–water partition coefficient (Wildman–Crippen LogP) is 10.8. The summed E-state index contributed by atoms with van der Waals surface area (Å²) in [5.41, 5.74) is 7.81. The zero-order valence-electron chi connectivity index (χ0n) is 22.2. The molecule has 6 aromatic carbocycles. The molecule has 0 fully saturated rings. The van der Waals surface area contributed by atoms with Gasteiger partial charge in [-0.3, -0.25) is 0 Å². The molecule has 0 aliphatic heterocycles. The van der Waals surface area contributed by atoms with Gasteiger partial charge in [-0.1, -0.05) is 152 Å². The van der Waals surface area contributed by atoms with Crippen LogP contribution in [0.1, 0.15) is 5.56 Å². The summed E-state index contributed by atoms with van der Waals surface area (Å²) in [5, 5.41) is 7.70. The van der Waals surface area contributed by atoms with Crippen LogP contribution in [0.15, 0.2) is 158 Å². The first-order valence-electron chi connectivity index (χ1n) is 14.1. The molecule has 2 aliphatic carbocycles. The molecule has 0 amide bonds. The molecule has 0 spiro atoms. The van der Waals surface area contributed by atoms with Gasteiger partial charge in [-0.25, -0.2) is 0 Å². The Morgan fingerprint density at radius 2 is 0.925 bits per heavy atom. The molecule has 0 saturated heterocycles. The van der Waals surface area contributed by atoms with Crippen molar-refractivity contribution >= 4 is 37.9 Å². The van der Waals surface area contributed by atoms with E-state index >= 15 is 0 Å². The van der Waals surface area contributed by atoms with Crippen LogP contribution in [0.25, 0.3) is 60.1 Å². The normalized spacial score (nSPS) is 17.9.